The van der Waals surface area contributed by atoms with Gasteiger partial charge in [-0.15, -0.1) is 0 Å². The Bertz CT molecular complexity index is 385. The number of rotatable bonds is 4. The van der Waals surface area contributed by atoms with Gasteiger partial charge in [-0.1, -0.05) is 0 Å². The van der Waals surface area contributed by atoms with Crippen LogP contribution in [-0.4, -0.2) is 38.5 Å². The molecule has 0 unspecified atom stereocenters. The van der Waals surface area contributed by atoms with Crippen molar-refractivity contribution >= 4 is 17.7 Å². The highest BCUT2D eigenvalue weighted by molar-refractivity contribution is 5.98. The Morgan fingerprint density at radius 2 is 2.27 bits per heavy atom. The zero-order chi connectivity index (χ0) is 11.4. The Morgan fingerprint density at radius 1 is 1.60 bits per heavy atom. The normalized spacial score (nSPS) is 10.0. The number of carboxylic acids is 1. The Hall–Kier alpha value is -1.89. The molecule has 1 heterocycles. The Labute approximate surface area is 85.3 Å². The molecule has 3 N–H and O–H groups in total. The van der Waals surface area contributed by atoms with Crippen LogP contribution in [0.3, 0.4) is 0 Å². The van der Waals surface area contributed by atoms with E-state index in [1.807, 2.05) is 0 Å². The quantitative estimate of drug-likeness (QED) is 0.627. The number of nitrogens with one attached hydrogen (secondary N) is 1. The second kappa shape index (κ2) is 4.56. The van der Waals surface area contributed by atoms with Crippen molar-refractivity contribution in [3.63, 3.8) is 0 Å². The van der Waals surface area contributed by atoms with Crippen LogP contribution in [0, 0.1) is 0 Å². The van der Waals surface area contributed by atoms with Gasteiger partial charge in [0.15, 0.2) is 0 Å². The van der Waals surface area contributed by atoms with E-state index in [0.29, 0.717) is 0 Å². The van der Waals surface area contributed by atoms with E-state index in [4.69, 9.17) is 10.2 Å². The first kappa shape index (κ1) is 11.2. The molecule has 7 nitrogen and oxygen atoms in total. The number of carbonyl (C=O) groups excluding carboxylic acids is 1. The third-order valence-corrected chi connectivity index (χ3v) is 1.68. The molecule has 0 aromatic carbocycles. The zero-order valence-corrected chi connectivity index (χ0v) is 8.10. The minimum Gasteiger partial charge on any atom is -0.477 e. The second-order valence-electron chi connectivity index (χ2n) is 2.84. The van der Waals surface area contributed by atoms with Crippen molar-refractivity contribution in [1.82, 2.24) is 9.78 Å². The van der Waals surface area contributed by atoms with Crippen molar-refractivity contribution in [2.45, 2.75) is 13.5 Å². The van der Waals surface area contributed by atoms with Gasteiger partial charge < -0.3 is 15.5 Å². The number of aromatic carboxylic acids is 1. The van der Waals surface area contributed by atoms with Crippen LogP contribution in [0.15, 0.2) is 6.20 Å². The average molecular weight is 213 g/mol. The van der Waals surface area contributed by atoms with Crippen LogP contribution >= 0.6 is 0 Å². The molecule has 0 aliphatic carbocycles. The minimum atomic E-state index is -1.18. The van der Waals surface area contributed by atoms with Crippen molar-refractivity contribution in [1.29, 1.82) is 0 Å². The van der Waals surface area contributed by atoms with Gasteiger partial charge in [0, 0.05) is 6.92 Å². The first-order chi connectivity index (χ1) is 7.06. The number of anilines is 1. The van der Waals surface area contributed by atoms with Crippen LogP contribution in [0.25, 0.3) is 0 Å². The molecule has 1 amide bonds. The molecule has 0 radical (unpaired) electrons. The third-order valence-electron chi connectivity index (χ3n) is 1.68. The van der Waals surface area contributed by atoms with E-state index in [1.165, 1.54) is 11.6 Å². The van der Waals surface area contributed by atoms with Gasteiger partial charge in [0.2, 0.25) is 5.91 Å². The summed E-state index contributed by atoms with van der Waals surface area (Å²) in [7, 11) is 0. The van der Waals surface area contributed by atoms with Gasteiger partial charge in [-0.3, -0.25) is 4.79 Å². The lowest BCUT2D eigenvalue weighted by Gasteiger charge is -2.06. The maximum atomic E-state index is 10.8. The molecule has 0 fully saturated rings. The number of amides is 1. The van der Waals surface area contributed by atoms with Crippen molar-refractivity contribution in [2.24, 2.45) is 0 Å². The van der Waals surface area contributed by atoms with Crippen LogP contribution in [0.5, 0.6) is 0 Å². The van der Waals surface area contributed by atoms with E-state index >= 15 is 0 Å². The molecule has 0 aliphatic heterocycles. The van der Waals surface area contributed by atoms with E-state index in [0.717, 1.165) is 6.20 Å². The highest BCUT2D eigenvalue weighted by Gasteiger charge is 2.17. The summed E-state index contributed by atoms with van der Waals surface area (Å²) >= 11 is 0. The largest absolute Gasteiger partial charge is 0.477 e. The van der Waals surface area contributed by atoms with Crippen molar-refractivity contribution in [3.8, 4) is 0 Å². The highest BCUT2D eigenvalue weighted by Crippen LogP contribution is 2.14. The van der Waals surface area contributed by atoms with Crippen molar-refractivity contribution in [2.75, 3.05) is 11.9 Å². The molecular formula is C8H11N3O4. The summed E-state index contributed by atoms with van der Waals surface area (Å²) in [5.74, 6) is -1.48. The number of carboxylic acid groups (broad SMARTS) is 1. The summed E-state index contributed by atoms with van der Waals surface area (Å²) in [4.78, 5) is 21.6. The van der Waals surface area contributed by atoms with Crippen molar-refractivity contribution in [3.05, 3.63) is 11.8 Å². The van der Waals surface area contributed by atoms with E-state index < -0.39 is 11.9 Å². The molecule has 1 rings (SSSR count). The first-order valence-corrected chi connectivity index (χ1v) is 4.23. The van der Waals surface area contributed by atoms with Gasteiger partial charge in [0.1, 0.15) is 11.4 Å². The van der Waals surface area contributed by atoms with Crippen LogP contribution in [0.1, 0.15) is 17.3 Å². The minimum absolute atomic E-state index is 0.0871. The van der Waals surface area contributed by atoms with Crippen LogP contribution in [0.2, 0.25) is 0 Å². The summed E-state index contributed by atoms with van der Waals surface area (Å²) in [5.41, 5.74) is -0.0985. The van der Waals surface area contributed by atoms with E-state index in [2.05, 4.69) is 10.4 Å². The van der Waals surface area contributed by atoms with Gasteiger partial charge in [-0.2, -0.15) is 5.10 Å². The Balaban J connectivity index is 3.07. The molecule has 0 spiro atoms. The average Bonchev–Trinajstić information content (AvgIpc) is 2.48. The summed E-state index contributed by atoms with van der Waals surface area (Å²) in [6.07, 6.45) is 1.13. The molecule has 0 saturated carbocycles. The molecule has 0 bridgehead atoms. The SMILES string of the molecule is CC(=O)Nc1c(C(=O)O)cnn1CCO. The highest BCUT2D eigenvalue weighted by atomic mass is 16.4. The summed E-state index contributed by atoms with van der Waals surface area (Å²) in [6, 6.07) is 0. The van der Waals surface area contributed by atoms with E-state index in [-0.39, 0.29) is 24.5 Å². The van der Waals surface area contributed by atoms with Gasteiger partial charge in [-0.25, -0.2) is 9.48 Å². The molecule has 7 heteroatoms. The molecule has 1 aromatic rings. The lowest BCUT2D eigenvalue weighted by Crippen LogP contribution is -2.15. The maximum absolute atomic E-state index is 10.8. The fourth-order valence-electron chi connectivity index (χ4n) is 1.10. The van der Waals surface area contributed by atoms with Crippen LogP contribution in [-0.2, 0) is 11.3 Å². The predicted octanol–water partition coefficient (Wildman–Crippen LogP) is -0.468. The summed E-state index contributed by atoms with van der Waals surface area (Å²) < 4.78 is 1.23. The van der Waals surface area contributed by atoms with Gasteiger partial charge in [0.25, 0.3) is 0 Å². The van der Waals surface area contributed by atoms with Gasteiger partial charge in [-0.05, 0) is 0 Å². The van der Waals surface area contributed by atoms with Crippen LogP contribution in [0.4, 0.5) is 5.82 Å². The number of hydrogen-bond acceptors (Lipinski definition) is 4. The smallest absolute Gasteiger partial charge is 0.341 e. The molecule has 0 saturated heterocycles. The fourth-order valence-corrected chi connectivity index (χ4v) is 1.10. The maximum Gasteiger partial charge on any atom is 0.341 e. The van der Waals surface area contributed by atoms with E-state index in [9.17, 15) is 9.59 Å². The second-order valence-corrected chi connectivity index (χ2v) is 2.84. The topological polar surface area (TPSA) is 104 Å². The van der Waals surface area contributed by atoms with Crippen molar-refractivity contribution < 1.29 is 19.8 Å². The first-order valence-electron chi connectivity index (χ1n) is 4.23. The molecule has 82 valence electrons. The predicted molar refractivity (Wildman–Crippen MR) is 50.6 cm³/mol. The zero-order valence-electron chi connectivity index (χ0n) is 8.10. The number of aliphatic hydroxyl groups excluding tert-OH is 1. The van der Waals surface area contributed by atoms with Gasteiger partial charge in [0.05, 0.1) is 19.3 Å². The summed E-state index contributed by atoms with van der Waals surface area (Å²) in [6.45, 7) is 1.21. The molecule has 1 aromatic heterocycles. The third kappa shape index (κ3) is 2.53. The number of hydrogen-bond donors (Lipinski definition) is 3. The molecule has 15 heavy (non-hydrogen) atoms. The Kier molecular flexibility index (Phi) is 3.40. The standard InChI is InChI=1S/C8H11N3O4/c1-5(13)10-7-6(8(14)15)4-9-11(7)2-3-12/h4,12H,2-3H2,1H3,(H,10,13)(H,14,15). The Morgan fingerprint density at radius 3 is 2.73 bits per heavy atom. The lowest BCUT2D eigenvalue weighted by atomic mass is 10.3. The number of nitrogens with zero attached hydrogens (tertiary/aromatic N) is 2. The molecule has 0 atom stereocenters. The number of aliphatic hydroxyl groups is 1. The molecule has 0 aliphatic rings. The van der Waals surface area contributed by atoms with Crippen LogP contribution < -0.4 is 5.32 Å². The van der Waals surface area contributed by atoms with E-state index in [1.54, 1.807) is 0 Å². The number of aromatic nitrogens is 2. The molecular weight excluding hydrogens is 202 g/mol. The lowest BCUT2D eigenvalue weighted by molar-refractivity contribution is -0.114. The number of carbonyl (C=O) groups is 2. The monoisotopic (exact) mass is 213 g/mol. The van der Waals surface area contributed by atoms with Gasteiger partial charge >= 0.3 is 5.97 Å². The fraction of sp³-hybridized carbons (Fsp3) is 0.375. The summed E-state index contributed by atoms with van der Waals surface area (Å²) in [5, 5.41) is 23.6.